The van der Waals surface area contributed by atoms with E-state index in [0.29, 0.717) is 21.5 Å². The monoisotopic (exact) mass is 524 g/mol. The summed E-state index contributed by atoms with van der Waals surface area (Å²) in [5.74, 6) is 0.207. The van der Waals surface area contributed by atoms with E-state index in [2.05, 4.69) is 42.5 Å². The molecule has 0 radical (unpaired) electrons. The number of anilines is 1. The Morgan fingerprint density at radius 2 is 1.80 bits per heavy atom. The van der Waals surface area contributed by atoms with Crippen LogP contribution in [-0.2, 0) is 4.79 Å². The largest absolute Gasteiger partial charge is 0.482 e. The number of thiocarbonyl (C=S) groups is 1. The number of hydrogen-bond donors (Lipinski definition) is 2. The lowest BCUT2D eigenvalue weighted by Gasteiger charge is -2.13. The third-order valence-corrected chi connectivity index (χ3v) is 4.60. The van der Waals surface area contributed by atoms with E-state index >= 15 is 0 Å². The number of rotatable bonds is 4. The Labute approximate surface area is 177 Å². The molecule has 0 saturated heterocycles. The summed E-state index contributed by atoms with van der Waals surface area (Å²) in [7, 11) is 0. The predicted octanol–water partition coefficient (Wildman–Crippen LogP) is 5.72. The second kappa shape index (κ2) is 9.19. The van der Waals surface area contributed by atoms with Gasteiger partial charge in [0.1, 0.15) is 5.75 Å². The molecule has 1 amide bonds. The number of halogens is 4. The van der Waals surface area contributed by atoms with Crippen LogP contribution in [-0.4, -0.2) is 17.6 Å². The van der Waals surface area contributed by atoms with E-state index in [4.69, 9.17) is 40.2 Å². The molecule has 0 unspecified atom stereocenters. The molecule has 25 heavy (non-hydrogen) atoms. The molecule has 2 aromatic rings. The van der Waals surface area contributed by atoms with Crippen molar-refractivity contribution < 1.29 is 9.53 Å². The van der Waals surface area contributed by atoms with Crippen molar-refractivity contribution >= 4 is 84.0 Å². The lowest BCUT2D eigenvalue weighted by atomic mass is 10.2. The van der Waals surface area contributed by atoms with Crippen LogP contribution in [0.15, 0.2) is 39.3 Å². The smallest absolute Gasteiger partial charge is 0.264 e. The van der Waals surface area contributed by atoms with Crippen LogP contribution >= 0.6 is 67.3 Å². The number of hydrogen-bond acceptors (Lipinski definition) is 3. The standard InChI is InChI=1S/C16H12Br2Cl2N2O2S/c1-8-2-9(17)3-13(18)15(8)24-7-14(23)22-16(25)21-12-5-10(19)4-11(20)6-12/h2-6H,7H2,1H3,(H2,21,22,23,25). The molecule has 0 spiro atoms. The Kier molecular flexibility index (Phi) is 7.51. The topological polar surface area (TPSA) is 50.4 Å². The summed E-state index contributed by atoms with van der Waals surface area (Å²) in [4.78, 5) is 12.0. The van der Waals surface area contributed by atoms with Crippen molar-refractivity contribution in [2.45, 2.75) is 6.92 Å². The molecule has 4 nitrogen and oxygen atoms in total. The Bertz CT molecular complexity index is 791. The molecule has 0 fully saturated rings. The van der Waals surface area contributed by atoms with E-state index in [1.54, 1.807) is 18.2 Å². The first-order chi connectivity index (χ1) is 11.7. The number of amides is 1. The highest BCUT2D eigenvalue weighted by Gasteiger charge is 2.11. The van der Waals surface area contributed by atoms with Gasteiger partial charge in [-0.05, 0) is 71.0 Å². The molecule has 2 N–H and O–H groups in total. The number of carbonyl (C=O) groups is 1. The lowest BCUT2D eigenvalue weighted by molar-refractivity contribution is -0.121. The van der Waals surface area contributed by atoms with Gasteiger partial charge in [0, 0.05) is 20.2 Å². The van der Waals surface area contributed by atoms with Crippen LogP contribution in [0.25, 0.3) is 0 Å². The zero-order chi connectivity index (χ0) is 18.6. The maximum Gasteiger partial charge on any atom is 0.264 e. The Morgan fingerprint density at radius 3 is 2.40 bits per heavy atom. The third-order valence-electron chi connectivity index (χ3n) is 2.92. The van der Waals surface area contributed by atoms with Crippen molar-refractivity contribution in [1.29, 1.82) is 0 Å². The second-order valence-corrected chi connectivity index (χ2v) is 8.03. The maximum absolute atomic E-state index is 12.0. The normalized spacial score (nSPS) is 10.3. The van der Waals surface area contributed by atoms with E-state index < -0.39 is 0 Å². The van der Waals surface area contributed by atoms with Gasteiger partial charge < -0.3 is 10.1 Å². The van der Waals surface area contributed by atoms with Crippen molar-refractivity contribution in [2.24, 2.45) is 0 Å². The minimum atomic E-state index is -0.389. The van der Waals surface area contributed by atoms with Crippen LogP contribution in [0.4, 0.5) is 5.69 Å². The lowest BCUT2D eigenvalue weighted by Crippen LogP contribution is -2.37. The molecule has 2 rings (SSSR count). The highest BCUT2D eigenvalue weighted by molar-refractivity contribution is 9.11. The average molecular weight is 527 g/mol. The maximum atomic E-state index is 12.0. The first-order valence-corrected chi connectivity index (χ1v) is 9.65. The highest BCUT2D eigenvalue weighted by Crippen LogP contribution is 2.32. The summed E-state index contributed by atoms with van der Waals surface area (Å²) in [6, 6.07) is 8.62. The zero-order valence-electron chi connectivity index (χ0n) is 12.8. The summed E-state index contributed by atoms with van der Waals surface area (Å²) < 4.78 is 7.23. The van der Waals surface area contributed by atoms with Crippen molar-refractivity contribution in [1.82, 2.24) is 5.32 Å². The van der Waals surface area contributed by atoms with Crippen LogP contribution in [0.1, 0.15) is 5.56 Å². The van der Waals surface area contributed by atoms with Gasteiger partial charge in [0.05, 0.1) is 4.47 Å². The first-order valence-electron chi connectivity index (χ1n) is 6.90. The molecule has 0 heterocycles. The number of nitrogens with one attached hydrogen (secondary N) is 2. The fraction of sp³-hybridized carbons (Fsp3) is 0.125. The molecule has 132 valence electrons. The van der Waals surface area contributed by atoms with Gasteiger partial charge in [-0.15, -0.1) is 0 Å². The van der Waals surface area contributed by atoms with Crippen molar-refractivity contribution in [3.63, 3.8) is 0 Å². The number of benzene rings is 2. The molecule has 0 aliphatic carbocycles. The molecule has 2 aromatic carbocycles. The molecule has 0 aliphatic rings. The van der Waals surface area contributed by atoms with E-state index in [-0.39, 0.29) is 17.6 Å². The van der Waals surface area contributed by atoms with Crippen molar-refractivity contribution in [3.05, 3.63) is 54.9 Å². The fourth-order valence-electron chi connectivity index (χ4n) is 1.96. The predicted molar refractivity (Wildman–Crippen MR) is 113 cm³/mol. The molecular formula is C16H12Br2Cl2N2O2S. The molecular weight excluding hydrogens is 515 g/mol. The SMILES string of the molecule is Cc1cc(Br)cc(Br)c1OCC(=O)NC(=S)Nc1cc(Cl)cc(Cl)c1. The summed E-state index contributed by atoms with van der Waals surface area (Å²) in [6.07, 6.45) is 0. The summed E-state index contributed by atoms with van der Waals surface area (Å²) in [5.41, 5.74) is 1.47. The molecule has 0 aliphatic heterocycles. The van der Waals surface area contributed by atoms with Crippen LogP contribution in [0.2, 0.25) is 10.0 Å². The average Bonchev–Trinajstić information content (AvgIpc) is 2.44. The van der Waals surface area contributed by atoms with E-state index in [0.717, 1.165) is 14.5 Å². The minimum Gasteiger partial charge on any atom is -0.482 e. The van der Waals surface area contributed by atoms with Gasteiger partial charge in [0.25, 0.3) is 5.91 Å². The molecule has 0 atom stereocenters. The van der Waals surface area contributed by atoms with Gasteiger partial charge in [-0.2, -0.15) is 0 Å². The second-order valence-electron chi connectivity index (χ2n) is 4.98. The Balaban J connectivity index is 1.91. The fourth-order valence-corrected chi connectivity index (χ4v) is 4.27. The van der Waals surface area contributed by atoms with Crippen LogP contribution in [0, 0.1) is 6.92 Å². The zero-order valence-corrected chi connectivity index (χ0v) is 18.3. The van der Waals surface area contributed by atoms with E-state index in [1.165, 1.54) is 0 Å². The quantitative estimate of drug-likeness (QED) is 0.500. The summed E-state index contributed by atoms with van der Waals surface area (Å²) in [5, 5.41) is 6.42. The third kappa shape index (κ3) is 6.42. The minimum absolute atomic E-state index is 0.124. The number of aryl methyl sites for hydroxylation is 1. The van der Waals surface area contributed by atoms with Crippen LogP contribution in [0.5, 0.6) is 5.75 Å². The summed E-state index contributed by atoms with van der Waals surface area (Å²) in [6.45, 7) is 1.71. The van der Waals surface area contributed by atoms with Crippen LogP contribution < -0.4 is 15.4 Å². The van der Waals surface area contributed by atoms with Gasteiger partial charge in [0.2, 0.25) is 0 Å². The van der Waals surface area contributed by atoms with Gasteiger partial charge in [-0.25, -0.2) is 0 Å². The summed E-state index contributed by atoms with van der Waals surface area (Å²) >= 11 is 23.7. The van der Waals surface area contributed by atoms with E-state index in [1.807, 2.05) is 19.1 Å². The van der Waals surface area contributed by atoms with E-state index in [9.17, 15) is 4.79 Å². The Morgan fingerprint density at radius 1 is 1.16 bits per heavy atom. The molecule has 0 saturated carbocycles. The van der Waals surface area contributed by atoms with Crippen molar-refractivity contribution in [2.75, 3.05) is 11.9 Å². The number of carbonyl (C=O) groups excluding carboxylic acids is 1. The highest BCUT2D eigenvalue weighted by atomic mass is 79.9. The molecule has 0 bridgehead atoms. The Hall–Kier alpha value is -0.860. The van der Waals surface area contributed by atoms with Gasteiger partial charge in [0.15, 0.2) is 11.7 Å². The van der Waals surface area contributed by atoms with Gasteiger partial charge in [-0.3, -0.25) is 10.1 Å². The van der Waals surface area contributed by atoms with Crippen LogP contribution in [0.3, 0.4) is 0 Å². The molecule has 0 aromatic heterocycles. The van der Waals surface area contributed by atoms with Gasteiger partial charge >= 0.3 is 0 Å². The van der Waals surface area contributed by atoms with Gasteiger partial charge in [-0.1, -0.05) is 39.1 Å². The number of ether oxygens (including phenoxy) is 1. The van der Waals surface area contributed by atoms with Crippen molar-refractivity contribution in [3.8, 4) is 5.75 Å². The molecule has 9 heteroatoms. The first kappa shape index (κ1) is 20.5.